The Hall–Kier alpha value is -0.770. The molecule has 1 aromatic carbocycles. The molecule has 0 heterocycles. The quantitative estimate of drug-likeness (QED) is 0.898. The Morgan fingerprint density at radius 2 is 1.94 bits per heavy atom. The molecular formula is C13H18Cl2N2O. The second kappa shape index (κ2) is 6.41. The highest BCUT2D eigenvalue weighted by atomic mass is 35.5. The van der Waals surface area contributed by atoms with Crippen molar-refractivity contribution in [3.8, 4) is 0 Å². The Morgan fingerprint density at radius 3 is 2.56 bits per heavy atom. The van der Waals surface area contributed by atoms with Crippen molar-refractivity contribution < 1.29 is 4.79 Å². The van der Waals surface area contributed by atoms with Gasteiger partial charge >= 0.3 is 0 Å². The highest BCUT2D eigenvalue weighted by Crippen LogP contribution is 2.27. The lowest BCUT2D eigenvalue weighted by Crippen LogP contribution is -2.51. The van der Waals surface area contributed by atoms with Gasteiger partial charge in [0, 0.05) is 11.6 Å². The predicted molar refractivity (Wildman–Crippen MR) is 75.9 cm³/mol. The van der Waals surface area contributed by atoms with Gasteiger partial charge in [-0.2, -0.15) is 0 Å². The van der Waals surface area contributed by atoms with Gasteiger partial charge in [0.25, 0.3) is 0 Å². The summed E-state index contributed by atoms with van der Waals surface area (Å²) in [6.45, 7) is 0.442. The minimum atomic E-state index is -0.665. The number of rotatable bonds is 3. The summed E-state index contributed by atoms with van der Waals surface area (Å²) in [4.78, 5) is 12.0. The van der Waals surface area contributed by atoms with Crippen LogP contribution in [0.4, 0.5) is 0 Å². The Morgan fingerprint density at radius 1 is 1.33 bits per heavy atom. The molecule has 5 heteroatoms. The van der Waals surface area contributed by atoms with Crippen LogP contribution in [0.2, 0.25) is 5.02 Å². The van der Waals surface area contributed by atoms with E-state index in [0.717, 1.165) is 31.2 Å². The first-order chi connectivity index (χ1) is 8.12. The highest BCUT2D eigenvalue weighted by molar-refractivity contribution is 6.31. The SMILES string of the molecule is Cl.NC1(C(=O)NCc2ccccc2Cl)CCCC1. The normalized spacial score (nSPS) is 17.0. The van der Waals surface area contributed by atoms with Crippen LogP contribution in [0.1, 0.15) is 31.2 Å². The first-order valence-corrected chi connectivity index (χ1v) is 6.30. The predicted octanol–water partition coefficient (Wildman–Crippen LogP) is 2.65. The van der Waals surface area contributed by atoms with Crippen LogP contribution in [0.5, 0.6) is 0 Å². The molecular weight excluding hydrogens is 271 g/mol. The molecule has 1 fully saturated rings. The van der Waals surface area contributed by atoms with Crippen molar-refractivity contribution in [2.75, 3.05) is 0 Å². The summed E-state index contributed by atoms with van der Waals surface area (Å²) in [6.07, 6.45) is 3.63. The zero-order valence-corrected chi connectivity index (χ0v) is 11.7. The molecule has 1 amide bonds. The van der Waals surface area contributed by atoms with Crippen LogP contribution < -0.4 is 11.1 Å². The van der Waals surface area contributed by atoms with Gasteiger partial charge in [-0.25, -0.2) is 0 Å². The topological polar surface area (TPSA) is 55.1 Å². The lowest BCUT2D eigenvalue weighted by molar-refractivity contribution is -0.126. The number of hydrogen-bond acceptors (Lipinski definition) is 2. The van der Waals surface area contributed by atoms with Gasteiger partial charge in [0.15, 0.2) is 0 Å². The molecule has 0 atom stereocenters. The number of amides is 1. The molecule has 1 saturated carbocycles. The minimum Gasteiger partial charge on any atom is -0.350 e. The number of carbonyl (C=O) groups excluding carboxylic acids is 1. The Kier molecular flexibility index (Phi) is 5.45. The van der Waals surface area contributed by atoms with Crippen LogP contribution in [-0.2, 0) is 11.3 Å². The van der Waals surface area contributed by atoms with Gasteiger partial charge in [-0.15, -0.1) is 12.4 Å². The molecule has 0 bridgehead atoms. The maximum atomic E-state index is 12.0. The zero-order valence-electron chi connectivity index (χ0n) is 10.1. The fraction of sp³-hybridized carbons (Fsp3) is 0.462. The van der Waals surface area contributed by atoms with Crippen molar-refractivity contribution in [3.05, 3.63) is 34.9 Å². The van der Waals surface area contributed by atoms with Gasteiger partial charge < -0.3 is 11.1 Å². The first-order valence-electron chi connectivity index (χ1n) is 5.92. The second-order valence-corrected chi connectivity index (χ2v) is 5.04. The highest BCUT2D eigenvalue weighted by Gasteiger charge is 2.36. The number of hydrogen-bond donors (Lipinski definition) is 2. The van der Waals surface area contributed by atoms with Crippen LogP contribution in [0.15, 0.2) is 24.3 Å². The van der Waals surface area contributed by atoms with Crippen LogP contribution >= 0.6 is 24.0 Å². The van der Waals surface area contributed by atoms with Crippen molar-refractivity contribution in [1.82, 2.24) is 5.32 Å². The Labute approximate surface area is 118 Å². The summed E-state index contributed by atoms with van der Waals surface area (Å²) < 4.78 is 0. The summed E-state index contributed by atoms with van der Waals surface area (Å²) in [5.74, 6) is -0.0603. The van der Waals surface area contributed by atoms with Crippen molar-refractivity contribution >= 4 is 29.9 Å². The van der Waals surface area contributed by atoms with Crippen molar-refractivity contribution in [2.45, 2.75) is 37.8 Å². The van der Waals surface area contributed by atoms with E-state index in [1.165, 1.54) is 0 Å². The molecule has 0 unspecified atom stereocenters. The molecule has 1 aliphatic carbocycles. The number of nitrogens with two attached hydrogens (primary N) is 1. The van der Waals surface area contributed by atoms with Crippen LogP contribution in [0.3, 0.4) is 0 Å². The van der Waals surface area contributed by atoms with Gasteiger partial charge in [0.1, 0.15) is 0 Å². The van der Waals surface area contributed by atoms with E-state index >= 15 is 0 Å². The third-order valence-corrected chi connectivity index (χ3v) is 3.71. The van der Waals surface area contributed by atoms with E-state index in [1.54, 1.807) is 0 Å². The lowest BCUT2D eigenvalue weighted by atomic mass is 9.98. The molecule has 0 radical (unpaired) electrons. The van der Waals surface area contributed by atoms with Gasteiger partial charge in [-0.3, -0.25) is 4.79 Å². The van der Waals surface area contributed by atoms with E-state index in [4.69, 9.17) is 17.3 Å². The van der Waals surface area contributed by atoms with Gasteiger partial charge in [-0.05, 0) is 24.5 Å². The van der Waals surface area contributed by atoms with Crippen molar-refractivity contribution in [3.63, 3.8) is 0 Å². The van der Waals surface area contributed by atoms with Gasteiger partial charge in [0.05, 0.1) is 5.54 Å². The van der Waals surface area contributed by atoms with E-state index in [-0.39, 0.29) is 18.3 Å². The van der Waals surface area contributed by atoms with Crippen LogP contribution in [0, 0.1) is 0 Å². The molecule has 0 aromatic heterocycles. The molecule has 18 heavy (non-hydrogen) atoms. The van der Waals surface area contributed by atoms with E-state index in [0.29, 0.717) is 11.6 Å². The Balaban J connectivity index is 0.00000162. The molecule has 0 spiro atoms. The standard InChI is InChI=1S/C13H17ClN2O.ClH/c14-11-6-2-1-5-10(11)9-16-12(17)13(15)7-3-4-8-13;/h1-2,5-6H,3-4,7-9,15H2,(H,16,17);1H. The number of carbonyl (C=O) groups is 1. The number of halogens is 2. The molecule has 3 N–H and O–H groups in total. The first kappa shape index (κ1) is 15.3. The molecule has 1 aliphatic rings. The fourth-order valence-corrected chi connectivity index (χ4v) is 2.43. The largest absolute Gasteiger partial charge is 0.350 e. The second-order valence-electron chi connectivity index (χ2n) is 4.64. The molecule has 2 rings (SSSR count). The van der Waals surface area contributed by atoms with Crippen LogP contribution in [0.25, 0.3) is 0 Å². The smallest absolute Gasteiger partial charge is 0.240 e. The summed E-state index contributed by atoms with van der Waals surface area (Å²) >= 11 is 6.02. The van der Waals surface area contributed by atoms with E-state index in [2.05, 4.69) is 5.32 Å². The maximum Gasteiger partial charge on any atom is 0.240 e. The van der Waals surface area contributed by atoms with E-state index in [9.17, 15) is 4.79 Å². The van der Waals surface area contributed by atoms with Gasteiger partial charge in [0.2, 0.25) is 5.91 Å². The third kappa shape index (κ3) is 3.37. The third-order valence-electron chi connectivity index (χ3n) is 3.35. The number of benzene rings is 1. The summed E-state index contributed by atoms with van der Waals surface area (Å²) in [6, 6.07) is 7.49. The maximum absolute atomic E-state index is 12.0. The monoisotopic (exact) mass is 288 g/mol. The Bertz CT molecular complexity index is 417. The minimum absolute atomic E-state index is 0. The van der Waals surface area contributed by atoms with Crippen molar-refractivity contribution in [1.29, 1.82) is 0 Å². The molecule has 0 saturated heterocycles. The zero-order chi connectivity index (χ0) is 12.3. The van der Waals surface area contributed by atoms with E-state index in [1.807, 2.05) is 24.3 Å². The average molecular weight is 289 g/mol. The lowest BCUT2D eigenvalue weighted by Gasteiger charge is -2.22. The molecule has 3 nitrogen and oxygen atoms in total. The molecule has 1 aromatic rings. The average Bonchev–Trinajstić information content (AvgIpc) is 2.76. The van der Waals surface area contributed by atoms with Gasteiger partial charge in [-0.1, -0.05) is 42.6 Å². The summed E-state index contributed by atoms with van der Waals surface area (Å²) in [5.41, 5.74) is 6.31. The molecule has 0 aliphatic heterocycles. The number of nitrogens with one attached hydrogen (secondary N) is 1. The summed E-state index contributed by atoms with van der Waals surface area (Å²) in [7, 11) is 0. The van der Waals surface area contributed by atoms with Crippen molar-refractivity contribution in [2.24, 2.45) is 5.73 Å². The van der Waals surface area contributed by atoms with E-state index < -0.39 is 5.54 Å². The fourth-order valence-electron chi connectivity index (χ4n) is 2.23. The van der Waals surface area contributed by atoms with Crippen LogP contribution in [-0.4, -0.2) is 11.4 Å². The molecule has 100 valence electrons. The summed E-state index contributed by atoms with van der Waals surface area (Å²) in [5, 5.41) is 3.55.